The molecule has 0 spiro atoms. The summed E-state index contributed by atoms with van der Waals surface area (Å²) in [6, 6.07) is 13.0. The minimum atomic E-state index is -0.606. The number of benzene rings is 2. The van der Waals surface area contributed by atoms with Gasteiger partial charge in [-0.3, -0.25) is 4.79 Å². The van der Waals surface area contributed by atoms with Gasteiger partial charge in [0.25, 0.3) is 23.0 Å². The Morgan fingerprint density at radius 1 is 1.04 bits per heavy atom. The molecule has 120 valence electrons. The van der Waals surface area contributed by atoms with E-state index in [4.69, 9.17) is 4.74 Å². The topological polar surface area (TPSA) is 80.2 Å². The monoisotopic (exact) mass is 322 g/mol. The molecular weight excluding hydrogens is 308 g/mol. The van der Waals surface area contributed by atoms with Crippen LogP contribution < -0.4 is 14.2 Å². The Balaban J connectivity index is 2.04. The third kappa shape index (κ3) is 2.54. The summed E-state index contributed by atoms with van der Waals surface area (Å²) in [5, 5.41) is 24.5. The normalized spacial score (nSPS) is 10.5. The molecule has 0 N–H and O–H groups in total. The Bertz CT molecular complexity index is 949. The highest BCUT2D eigenvalue weighted by molar-refractivity contribution is 6.26. The van der Waals surface area contributed by atoms with Crippen molar-refractivity contribution in [1.29, 1.82) is 0 Å². The fourth-order valence-electron chi connectivity index (χ4n) is 2.41. The van der Waals surface area contributed by atoms with Crippen LogP contribution in [0.1, 0.15) is 16.1 Å². The number of nitrogens with zero attached hydrogens (tertiary/aromatic N) is 2. The molecule has 0 bridgehead atoms. The minimum absolute atomic E-state index is 0.123. The number of allylic oxidation sites excluding steroid dienone is 1. The van der Waals surface area contributed by atoms with Crippen LogP contribution in [-0.2, 0) is 0 Å². The zero-order valence-electron chi connectivity index (χ0n) is 12.9. The highest BCUT2D eigenvalue weighted by Gasteiger charge is 2.27. The first-order chi connectivity index (χ1) is 11.5. The molecule has 0 amide bonds. The molecule has 6 heteroatoms. The lowest BCUT2D eigenvalue weighted by atomic mass is 10.0. The number of Topliss-reactive ketones (excluding diaryl/α,β-unsaturated/α-hetero) is 1. The molecule has 3 aromatic rings. The van der Waals surface area contributed by atoms with Crippen molar-refractivity contribution in [3.63, 3.8) is 0 Å². The van der Waals surface area contributed by atoms with Gasteiger partial charge in [-0.25, -0.2) is 0 Å². The number of hydrogen-bond acceptors (Lipinski definition) is 4. The largest absolute Gasteiger partial charge is 0.618 e. The second-order valence-electron chi connectivity index (χ2n) is 5.16. The number of ether oxygens (including phenoxy) is 1. The molecular formula is C18H14N2O4. The Labute approximate surface area is 138 Å². The summed E-state index contributed by atoms with van der Waals surface area (Å²) >= 11 is 0. The van der Waals surface area contributed by atoms with Crippen molar-refractivity contribution in [2.24, 2.45) is 0 Å². The van der Waals surface area contributed by atoms with Crippen LogP contribution in [0, 0.1) is 10.4 Å². The predicted octanol–water partition coefficient (Wildman–Crippen LogP) is 2.01. The van der Waals surface area contributed by atoms with Gasteiger partial charge >= 0.3 is 5.69 Å². The van der Waals surface area contributed by atoms with Crippen molar-refractivity contribution in [2.45, 2.75) is 0 Å². The van der Waals surface area contributed by atoms with Gasteiger partial charge in [-0.05, 0) is 17.7 Å². The van der Waals surface area contributed by atoms with E-state index in [2.05, 4.69) is 6.58 Å². The number of rotatable bonds is 4. The van der Waals surface area contributed by atoms with Crippen LogP contribution in [0.3, 0.4) is 0 Å². The van der Waals surface area contributed by atoms with Crippen molar-refractivity contribution in [1.82, 2.24) is 0 Å². The number of para-hydroxylation sites is 2. The van der Waals surface area contributed by atoms with Gasteiger partial charge < -0.3 is 15.2 Å². The van der Waals surface area contributed by atoms with Crippen LogP contribution in [0.4, 0.5) is 0 Å². The van der Waals surface area contributed by atoms with Crippen molar-refractivity contribution in [3.05, 3.63) is 83.0 Å². The maximum absolute atomic E-state index is 12.6. The van der Waals surface area contributed by atoms with Crippen molar-refractivity contribution in [3.8, 4) is 5.75 Å². The van der Waals surface area contributed by atoms with Crippen LogP contribution >= 0.6 is 0 Å². The van der Waals surface area contributed by atoms with Crippen molar-refractivity contribution in [2.75, 3.05) is 7.11 Å². The van der Waals surface area contributed by atoms with Gasteiger partial charge in [0.2, 0.25) is 0 Å². The number of aromatic nitrogens is 2. The predicted molar refractivity (Wildman–Crippen MR) is 88.2 cm³/mol. The van der Waals surface area contributed by atoms with Crippen LogP contribution in [0.25, 0.3) is 16.6 Å². The summed E-state index contributed by atoms with van der Waals surface area (Å²) in [4.78, 5) is 12.6. The number of hydrogen-bond donors (Lipinski definition) is 0. The molecule has 1 aromatic heterocycles. The average molecular weight is 322 g/mol. The first-order valence-electron chi connectivity index (χ1n) is 7.15. The van der Waals surface area contributed by atoms with Gasteiger partial charge in [-0.1, -0.05) is 30.8 Å². The molecule has 0 saturated carbocycles. The zero-order chi connectivity index (χ0) is 17.3. The van der Waals surface area contributed by atoms with Crippen molar-refractivity contribution < 1.29 is 19.0 Å². The highest BCUT2D eigenvalue weighted by atomic mass is 16.5. The fourth-order valence-corrected chi connectivity index (χ4v) is 2.41. The van der Waals surface area contributed by atoms with E-state index in [0.717, 1.165) is 6.20 Å². The smallest absolute Gasteiger partial charge is 0.330 e. The van der Waals surface area contributed by atoms with Gasteiger partial charge in [0.05, 0.1) is 7.11 Å². The summed E-state index contributed by atoms with van der Waals surface area (Å²) in [5.74, 6) is 0.0338. The van der Waals surface area contributed by atoms with Crippen molar-refractivity contribution >= 4 is 22.4 Å². The minimum Gasteiger partial charge on any atom is -0.618 e. The fraction of sp³-hybridized carbons (Fsp3) is 0.0556. The van der Waals surface area contributed by atoms with E-state index in [1.165, 1.54) is 19.2 Å². The zero-order valence-corrected chi connectivity index (χ0v) is 12.9. The van der Waals surface area contributed by atoms with E-state index in [9.17, 15) is 15.2 Å². The summed E-state index contributed by atoms with van der Waals surface area (Å²) in [7, 11) is 1.54. The molecule has 0 radical (unpaired) electrons. The third-order valence-corrected chi connectivity index (χ3v) is 3.74. The van der Waals surface area contributed by atoms with Crippen LogP contribution in [0.2, 0.25) is 0 Å². The molecule has 0 aliphatic heterocycles. The van der Waals surface area contributed by atoms with E-state index in [1.807, 2.05) is 0 Å². The molecule has 1 heterocycles. The lowest BCUT2D eigenvalue weighted by Gasteiger charge is -2.09. The van der Waals surface area contributed by atoms with E-state index in [-0.39, 0.29) is 22.3 Å². The summed E-state index contributed by atoms with van der Waals surface area (Å²) in [6.07, 6.45) is 0.979. The lowest BCUT2D eigenvalue weighted by Crippen LogP contribution is -2.43. The molecule has 0 fully saturated rings. The average Bonchev–Trinajstić information content (AvgIpc) is 2.63. The van der Waals surface area contributed by atoms with E-state index in [1.54, 1.807) is 36.4 Å². The Kier molecular flexibility index (Phi) is 3.87. The van der Waals surface area contributed by atoms with Gasteiger partial charge in [-0.2, -0.15) is 9.46 Å². The highest BCUT2D eigenvalue weighted by Crippen LogP contribution is 2.20. The van der Waals surface area contributed by atoms with E-state index < -0.39 is 5.78 Å². The number of methoxy groups -OCH3 is 1. The molecule has 0 aliphatic carbocycles. The van der Waals surface area contributed by atoms with Gasteiger partial charge in [0, 0.05) is 17.7 Å². The van der Waals surface area contributed by atoms with Gasteiger partial charge in [0.15, 0.2) is 0 Å². The molecule has 2 aromatic carbocycles. The quantitative estimate of drug-likeness (QED) is 0.318. The standard InChI is InChI=1S/C18H14N2O4/c1-12(13-7-9-14(24-2)10-8-13)18(21)17-11-19(22)15-5-3-4-6-16(15)20(17)23/h3-11H,1H2,2H3. The second-order valence-corrected chi connectivity index (χ2v) is 5.16. The SMILES string of the molecule is C=C(C(=O)c1c[n+]([O-])c2ccccc2[n+]1[O-])c1ccc(OC)cc1. The summed E-state index contributed by atoms with van der Waals surface area (Å²) in [5.41, 5.74) is 0.716. The Hall–Kier alpha value is -3.41. The van der Waals surface area contributed by atoms with E-state index in [0.29, 0.717) is 20.8 Å². The molecule has 0 saturated heterocycles. The van der Waals surface area contributed by atoms with Gasteiger partial charge in [-0.15, -0.1) is 0 Å². The Morgan fingerprint density at radius 2 is 1.67 bits per heavy atom. The first kappa shape index (κ1) is 15.5. The van der Waals surface area contributed by atoms with Gasteiger partial charge in [0.1, 0.15) is 5.75 Å². The molecule has 24 heavy (non-hydrogen) atoms. The third-order valence-electron chi connectivity index (χ3n) is 3.74. The molecule has 0 unspecified atom stereocenters. The number of ketones is 1. The maximum Gasteiger partial charge on any atom is 0.330 e. The van der Waals surface area contributed by atoms with E-state index >= 15 is 0 Å². The maximum atomic E-state index is 12.6. The summed E-state index contributed by atoms with van der Waals surface area (Å²) in [6.45, 7) is 3.75. The Morgan fingerprint density at radius 3 is 2.29 bits per heavy atom. The number of fused-ring (bicyclic) bond motifs is 1. The molecule has 0 atom stereocenters. The number of carbonyl (C=O) groups excluding carboxylic acids is 1. The molecule has 6 nitrogen and oxygen atoms in total. The molecule has 0 aliphatic rings. The van der Waals surface area contributed by atoms with Crippen LogP contribution in [-0.4, -0.2) is 12.9 Å². The van der Waals surface area contributed by atoms with Crippen LogP contribution in [0.5, 0.6) is 5.75 Å². The number of carbonyl (C=O) groups is 1. The first-order valence-corrected chi connectivity index (χ1v) is 7.15. The molecule has 3 rings (SSSR count). The summed E-state index contributed by atoms with van der Waals surface area (Å²) < 4.78 is 6.03. The van der Waals surface area contributed by atoms with Crippen LogP contribution in [0.15, 0.2) is 61.3 Å². The lowest BCUT2D eigenvalue weighted by molar-refractivity contribution is -0.630. The second kappa shape index (κ2) is 6.00.